The number of aromatic nitrogens is 2. The molecule has 1 amide bonds. The minimum atomic E-state index is -0.167. The maximum atomic E-state index is 13.3. The molecule has 0 radical (unpaired) electrons. The van der Waals surface area contributed by atoms with Crippen LogP contribution in [-0.2, 0) is 4.79 Å². The highest BCUT2D eigenvalue weighted by molar-refractivity contribution is 7.99. The van der Waals surface area contributed by atoms with Gasteiger partial charge in [-0.15, -0.1) is 0 Å². The SMILES string of the molecule is O=C(CCCCSc1nc2ccccc2c(=O)n1-c1ccc(Cl)cc1Cl)NC1CCCCC1. The van der Waals surface area contributed by atoms with Crippen molar-refractivity contribution in [3.63, 3.8) is 0 Å². The molecule has 1 N–H and O–H groups in total. The van der Waals surface area contributed by atoms with Gasteiger partial charge in [0.2, 0.25) is 5.91 Å². The Morgan fingerprint density at radius 2 is 1.88 bits per heavy atom. The van der Waals surface area contributed by atoms with Gasteiger partial charge in [-0.3, -0.25) is 14.2 Å². The monoisotopic (exact) mass is 503 g/mol. The van der Waals surface area contributed by atoms with Crippen LogP contribution in [0.15, 0.2) is 52.4 Å². The molecule has 0 bridgehead atoms. The number of rotatable bonds is 8. The molecule has 1 aliphatic rings. The Hall–Kier alpha value is -2.02. The van der Waals surface area contributed by atoms with E-state index in [0.29, 0.717) is 44.3 Å². The molecule has 5 nitrogen and oxygen atoms in total. The van der Waals surface area contributed by atoms with Crippen molar-refractivity contribution in [3.8, 4) is 5.69 Å². The third-order valence-electron chi connectivity index (χ3n) is 5.90. The fourth-order valence-electron chi connectivity index (χ4n) is 4.18. The summed E-state index contributed by atoms with van der Waals surface area (Å²) in [7, 11) is 0. The fraction of sp³-hybridized carbons (Fsp3) is 0.400. The zero-order chi connectivity index (χ0) is 23.2. The number of carbonyl (C=O) groups is 1. The summed E-state index contributed by atoms with van der Waals surface area (Å²) in [4.78, 5) is 30.3. The summed E-state index contributed by atoms with van der Waals surface area (Å²) in [6.45, 7) is 0. The smallest absolute Gasteiger partial charge is 0.266 e. The Balaban J connectivity index is 1.44. The van der Waals surface area contributed by atoms with Crippen molar-refractivity contribution in [3.05, 3.63) is 62.9 Å². The highest BCUT2D eigenvalue weighted by Crippen LogP contribution is 2.28. The van der Waals surface area contributed by atoms with E-state index in [2.05, 4.69) is 5.32 Å². The molecule has 3 aromatic rings. The molecular weight excluding hydrogens is 477 g/mol. The average Bonchev–Trinajstić information content (AvgIpc) is 2.80. The van der Waals surface area contributed by atoms with Crippen LogP contribution in [-0.4, -0.2) is 27.3 Å². The van der Waals surface area contributed by atoms with E-state index in [0.717, 1.165) is 31.4 Å². The Morgan fingerprint density at radius 1 is 1.09 bits per heavy atom. The topological polar surface area (TPSA) is 64.0 Å². The maximum absolute atomic E-state index is 13.3. The normalized spacial score (nSPS) is 14.5. The summed E-state index contributed by atoms with van der Waals surface area (Å²) in [6.07, 6.45) is 8.06. The van der Waals surface area contributed by atoms with Gasteiger partial charge in [0.15, 0.2) is 5.16 Å². The number of para-hydroxylation sites is 1. The van der Waals surface area contributed by atoms with Crippen molar-refractivity contribution in [1.82, 2.24) is 14.9 Å². The third kappa shape index (κ3) is 6.11. The summed E-state index contributed by atoms with van der Waals surface area (Å²) in [5, 5.41) is 5.18. The second kappa shape index (κ2) is 11.4. The molecule has 1 saturated carbocycles. The highest BCUT2D eigenvalue weighted by atomic mass is 35.5. The van der Waals surface area contributed by atoms with Crippen LogP contribution in [0.2, 0.25) is 10.0 Å². The lowest BCUT2D eigenvalue weighted by Gasteiger charge is -2.22. The molecule has 33 heavy (non-hydrogen) atoms. The van der Waals surface area contributed by atoms with E-state index < -0.39 is 0 Å². The Kier molecular flexibility index (Phi) is 8.34. The molecule has 0 unspecified atom stereocenters. The van der Waals surface area contributed by atoms with E-state index >= 15 is 0 Å². The fourth-order valence-corrected chi connectivity index (χ4v) is 5.68. The number of hydrogen-bond donors (Lipinski definition) is 1. The number of hydrogen-bond acceptors (Lipinski definition) is 4. The van der Waals surface area contributed by atoms with Gasteiger partial charge in [0.1, 0.15) is 0 Å². The lowest BCUT2D eigenvalue weighted by molar-refractivity contribution is -0.122. The maximum Gasteiger partial charge on any atom is 0.266 e. The van der Waals surface area contributed by atoms with Crippen molar-refractivity contribution in [1.29, 1.82) is 0 Å². The van der Waals surface area contributed by atoms with Gasteiger partial charge in [0.25, 0.3) is 5.56 Å². The zero-order valence-electron chi connectivity index (χ0n) is 18.4. The second-order valence-electron chi connectivity index (χ2n) is 8.36. The Bertz CT molecular complexity index is 1190. The van der Waals surface area contributed by atoms with Crippen LogP contribution in [0.25, 0.3) is 16.6 Å². The summed E-state index contributed by atoms with van der Waals surface area (Å²) in [6, 6.07) is 12.7. The summed E-state index contributed by atoms with van der Waals surface area (Å²) in [5.41, 5.74) is 1.04. The van der Waals surface area contributed by atoms with Crippen LogP contribution in [0.5, 0.6) is 0 Å². The zero-order valence-corrected chi connectivity index (χ0v) is 20.7. The molecule has 0 spiro atoms. The largest absolute Gasteiger partial charge is 0.353 e. The quantitative estimate of drug-likeness (QED) is 0.219. The molecule has 0 atom stereocenters. The Morgan fingerprint density at radius 3 is 2.67 bits per heavy atom. The van der Waals surface area contributed by atoms with Crippen molar-refractivity contribution >= 4 is 51.8 Å². The van der Waals surface area contributed by atoms with Gasteiger partial charge in [-0.25, -0.2) is 4.98 Å². The lowest BCUT2D eigenvalue weighted by atomic mass is 9.95. The van der Waals surface area contributed by atoms with Gasteiger partial charge >= 0.3 is 0 Å². The molecule has 4 rings (SSSR count). The molecule has 0 aliphatic heterocycles. The molecule has 0 saturated heterocycles. The third-order valence-corrected chi connectivity index (χ3v) is 7.46. The van der Waals surface area contributed by atoms with Gasteiger partial charge in [0.05, 0.1) is 21.6 Å². The molecule has 2 aromatic carbocycles. The standard InChI is InChI=1S/C25H27Cl2N3O2S/c26-17-13-14-22(20(27)16-17)30-24(32)19-10-4-5-11-21(19)29-25(30)33-15-7-6-12-23(31)28-18-8-2-1-3-9-18/h4-5,10-11,13-14,16,18H,1-3,6-9,12,15H2,(H,28,31). The molecule has 1 fully saturated rings. The first-order valence-electron chi connectivity index (χ1n) is 11.4. The molecule has 1 aliphatic carbocycles. The van der Waals surface area contributed by atoms with Gasteiger partial charge < -0.3 is 5.32 Å². The van der Waals surface area contributed by atoms with E-state index in [1.54, 1.807) is 28.8 Å². The summed E-state index contributed by atoms with van der Waals surface area (Å²) >= 11 is 14.0. The van der Waals surface area contributed by atoms with Gasteiger partial charge in [-0.2, -0.15) is 0 Å². The first-order chi connectivity index (χ1) is 16.0. The van der Waals surface area contributed by atoms with E-state index in [4.69, 9.17) is 28.2 Å². The van der Waals surface area contributed by atoms with E-state index in [-0.39, 0.29) is 11.5 Å². The van der Waals surface area contributed by atoms with Gasteiger partial charge in [0, 0.05) is 23.2 Å². The van der Waals surface area contributed by atoms with Crippen molar-refractivity contribution in [2.24, 2.45) is 0 Å². The summed E-state index contributed by atoms with van der Waals surface area (Å²) < 4.78 is 1.56. The van der Waals surface area contributed by atoms with Crippen LogP contribution in [0.1, 0.15) is 51.4 Å². The van der Waals surface area contributed by atoms with Crippen LogP contribution >= 0.6 is 35.0 Å². The number of fused-ring (bicyclic) bond motifs is 1. The van der Waals surface area contributed by atoms with Crippen LogP contribution in [0, 0.1) is 0 Å². The molecular formula is C25H27Cl2N3O2S. The molecule has 8 heteroatoms. The average molecular weight is 504 g/mol. The van der Waals surface area contributed by atoms with E-state index in [9.17, 15) is 9.59 Å². The summed E-state index contributed by atoms with van der Waals surface area (Å²) in [5.74, 6) is 0.882. The molecule has 174 valence electrons. The molecule has 1 aromatic heterocycles. The number of nitrogens with zero attached hydrogens (tertiary/aromatic N) is 2. The second-order valence-corrected chi connectivity index (χ2v) is 10.3. The van der Waals surface area contributed by atoms with Crippen LogP contribution < -0.4 is 10.9 Å². The highest BCUT2D eigenvalue weighted by Gasteiger charge is 2.17. The number of amides is 1. The van der Waals surface area contributed by atoms with E-state index in [1.165, 1.54) is 31.0 Å². The molecule has 1 heterocycles. The predicted octanol–water partition coefficient (Wildman–Crippen LogP) is 6.40. The first kappa shape index (κ1) is 24.1. The first-order valence-corrected chi connectivity index (χ1v) is 13.2. The predicted molar refractivity (Wildman–Crippen MR) is 137 cm³/mol. The number of nitrogens with one attached hydrogen (secondary N) is 1. The van der Waals surface area contributed by atoms with Crippen molar-refractivity contribution in [2.45, 2.75) is 62.6 Å². The number of benzene rings is 2. The number of halogens is 2. The minimum absolute atomic E-state index is 0.139. The number of carbonyl (C=O) groups excluding carboxylic acids is 1. The van der Waals surface area contributed by atoms with E-state index in [1.807, 2.05) is 18.2 Å². The van der Waals surface area contributed by atoms with Gasteiger partial charge in [-0.05, 0) is 56.0 Å². The van der Waals surface area contributed by atoms with Crippen molar-refractivity contribution < 1.29 is 4.79 Å². The number of thioether (sulfide) groups is 1. The Labute approximate surface area is 207 Å². The minimum Gasteiger partial charge on any atom is -0.353 e. The lowest BCUT2D eigenvalue weighted by Crippen LogP contribution is -2.35. The van der Waals surface area contributed by atoms with Crippen molar-refractivity contribution in [2.75, 3.05) is 5.75 Å². The van der Waals surface area contributed by atoms with Crippen LogP contribution in [0.3, 0.4) is 0 Å². The van der Waals surface area contributed by atoms with Crippen LogP contribution in [0.4, 0.5) is 0 Å². The number of unbranched alkanes of at least 4 members (excludes halogenated alkanes) is 1. The van der Waals surface area contributed by atoms with Gasteiger partial charge in [-0.1, -0.05) is 66.4 Å².